The highest BCUT2D eigenvalue weighted by Gasteiger charge is 2.40. The molecule has 0 radical (unpaired) electrons. The Balaban J connectivity index is 1.34. The molecular formula is C24H32N2O4. The van der Waals surface area contributed by atoms with Crippen LogP contribution >= 0.6 is 0 Å². The minimum atomic E-state index is -0.457. The fourth-order valence-electron chi connectivity index (χ4n) is 5.24. The number of para-hydroxylation sites is 1. The number of nitrogens with one attached hydrogen (secondary N) is 1. The van der Waals surface area contributed by atoms with E-state index in [2.05, 4.69) is 11.4 Å². The molecule has 4 rings (SSSR count). The van der Waals surface area contributed by atoms with Gasteiger partial charge < -0.3 is 15.0 Å². The summed E-state index contributed by atoms with van der Waals surface area (Å²) >= 11 is 0. The number of esters is 1. The van der Waals surface area contributed by atoms with E-state index in [9.17, 15) is 14.4 Å². The van der Waals surface area contributed by atoms with Gasteiger partial charge in [-0.25, -0.2) is 0 Å². The summed E-state index contributed by atoms with van der Waals surface area (Å²) in [5, 5.41) is 2.98. The monoisotopic (exact) mass is 412 g/mol. The average molecular weight is 413 g/mol. The fourth-order valence-corrected chi connectivity index (χ4v) is 5.24. The van der Waals surface area contributed by atoms with Crippen molar-refractivity contribution in [2.24, 2.45) is 11.8 Å². The summed E-state index contributed by atoms with van der Waals surface area (Å²) in [6.45, 7) is 0.416. The molecule has 2 unspecified atom stereocenters. The van der Waals surface area contributed by atoms with Gasteiger partial charge >= 0.3 is 5.97 Å². The van der Waals surface area contributed by atoms with Gasteiger partial charge in [0.15, 0.2) is 6.61 Å². The van der Waals surface area contributed by atoms with Crippen molar-refractivity contribution in [1.29, 1.82) is 0 Å². The standard InChI is InChI=1S/C24H32N2O4/c27-22(25-18-9-2-1-3-10-18)16-30-24(29)20-12-6-5-11-19(20)23(28)26-15-14-17-8-4-7-13-21(17)26/h4,7-8,13,18-20H,1-3,5-6,9-12,14-16H2,(H,25,27). The number of rotatable bonds is 5. The summed E-state index contributed by atoms with van der Waals surface area (Å²) in [5.74, 6) is -1.43. The zero-order valence-electron chi connectivity index (χ0n) is 17.6. The Bertz CT molecular complexity index is 787. The van der Waals surface area contributed by atoms with E-state index in [1.54, 1.807) is 0 Å². The van der Waals surface area contributed by atoms with Crippen LogP contribution in [-0.4, -0.2) is 37.0 Å². The minimum absolute atomic E-state index is 0.0215. The zero-order chi connectivity index (χ0) is 20.9. The van der Waals surface area contributed by atoms with E-state index in [0.717, 1.165) is 50.6 Å². The van der Waals surface area contributed by atoms with Crippen molar-refractivity contribution in [3.63, 3.8) is 0 Å². The molecule has 0 saturated heterocycles. The van der Waals surface area contributed by atoms with Crippen molar-refractivity contribution in [3.8, 4) is 0 Å². The second kappa shape index (κ2) is 9.63. The predicted molar refractivity (Wildman–Crippen MR) is 114 cm³/mol. The number of anilines is 1. The third-order valence-electron chi connectivity index (χ3n) is 6.85. The van der Waals surface area contributed by atoms with Gasteiger partial charge in [-0.05, 0) is 43.7 Å². The van der Waals surface area contributed by atoms with Crippen LogP contribution in [0, 0.1) is 11.8 Å². The molecule has 2 atom stereocenters. The molecule has 0 aromatic heterocycles. The summed E-state index contributed by atoms with van der Waals surface area (Å²) < 4.78 is 5.38. The van der Waals surface area contributed by atoms with E-state index in [-0.39, 0.29) is 30.4 Å². The first kappa shape index (κ1) is 20.9. The molecule has 30 heavy (non-hydrogen) atoms. The van der Waals surface area contributed by atoms with Gasteiger partial charge in [-0.2, -0.15) is 0 Å². The first-order chi connectivity index (χ1) is 14.6. The number of hydrogen-bond donors (Lipinski definition) is 1. The SMILES string of the molecule is O=C(COC(=O)C1CCCCC1C(=O)N1CCc2ccccc21)NC1CCCCC1. The first-order valence-corrected chi connectivity index (χ1v) is 11.5. The molecule has 0 bridgehead atoms. The number of amides is 2. The Hall–Kier alpha value is -2.37. The van der Waals surface area contributed by atoms with Gasteiger partial charge in [-0.3, -0.25) is 14.4 Å². The Labute approximate surface area is 178 Å². The number of hydrogen-bond acceptors (Lipinski definition) is 4. The van der Waals surface area contributed by atoms with E-state index < -0.39 is 11.9 Å². The molecule has 6 nitrogen and oxygen atoms in total. The van der Waals surface area contributed by atoms with E-state index in [0.29, 0.717) is 19.4 Å². The molecular weight excluding hydrogens is 380 g/mol. The summed E-state index contributed by atoms with van der Waals surface area (Å²) in [6, 6.07) is 8.17. The fraction of sp³-hybridized carbons (Fsp3) is 0.625. The number of benzene rings is 1. The van der Waals surface area contributed by atoms with Gasteiger partial charge in [-0.1, -0.05) is 50.3 Å². The highest BCUT2D eigenvalue weighted by Crippen LogP contribution is 2.36. The Morgan fingerprint density at radius 1 is 0.933 bits per heavy atom. The predicted octanol–water partition coefficient (Wildman–Crippen LogP) is 3.37. The molecule has 3 aliphatic rings. The third kappa shape index (κ3) is 4.68. The van der Waals surface area contributed by atoms with Crippen molar-refractivity contribution in [1.82, 2.24) is 5.32 Å². The third-order valence-corrected chi connectivity index (χ3v) is 6.85. The van der Waals surface area contributed by atoms with Crippen LogP contribution < -0.4 is 10.2 Å². The first-order valence-electron chi connectivity index (χ1n) is 11.5. The molecule has 1 heterocycles. The van der Waals surface area contributed by atoms with E-state index in [4.69, 9.17) is 4.74 Å². The lowest BCUT2D eigenvalue weighted by Gasteiger charge is -2.32. The van der Waals surface area contributed by atoms with E-state index in [1.807, 2.05) is 23.1 Å². The lowest BCUT2D eigenvalue weighted by atomic mass is 9.78. The summed E-state index contributed by atoms with van der Waals surface area (Å²) in [4.78, 5) is 40.1. The van der Waals surface area contributed by atoms with Crippen LogP contribution in [0.4, 0.5) is 5.69 Å². The normalized spacial score (nSPS) is 24.2. The van der Waals surface area contributed by atoms with Crippen LogP contribution in [-0.2, 0) is 25.5 Å². The average Bonchev–Trinajstić information content (AvgIpc) is 3.22. The molecule has 2 fully saturated rings. The maximum atomic E-state index is 13.3. The van der Waals surface area contributed by atoms with Crippen LogP contribution in [0.15, 0.2) is 24.3 Å². The van der Waals surface area contributed by atoms with Gasteiger partial charge in [0, 0.05) is 18.3 Å². The van der Waals surface area contributed by atoms with Crippen molar-refractivity contribution < 1.29 is 19.1 Å². The molecule has 2 aliphatic carbocycles. The second-order valence-corrected chi connectivity index (χ2v) is 8.88. The molecule has 1 N–H and O–H groups in total. The Morgan fingerprint density at radius 2 is 1.63 bits per heavy atom. The second-order valence-electron chi connectivity index (χ2n) is 8.88. The molecule has 162 valence electrons. The summed E-state index contributed by atoms with van der Waals surface area (Å²) in [5.41, 5.74) is 2.15. The van der Waals surface area contributed by atoms with Crippen LogP contribution in [0.2, 0.25) is 0 Å². The van der Waals surface area contributed by atoms with Crippen molar-refractivity contribution in [2.45, 2.75) is 70.3 Å². The summed E-state index contributed by atoms with van der Waals surface area (Å²) in [7, 11) is 0. The number of ether oxygens (including phenoxy) is 1. The van der Waals surface area contributed by atoms with Crippen molar-refractivity contribution in [2.75, 3.05) is 18.1 Å². The maximum absolute atomic E-state index is 13.3. The molecule has 2 amide bonds. The van der Waals surface area contributed by atoms with Crippen molar-refractivity contribution >= 4 is 23.5 Å². The number of carbonyl (C=O) groups is 3. The number of carbonyl (C=O) groups excluding carboxylic acids is 3. The maximum Gasteiger partial charge on any atom is 0.310 e. The van der Waals surface area contributed by atoms with Gasteiger partial charge in [0.2, 0.25) is 5.91 Å². The highest BCUT2D eigenvalue weighted by molar-refractivity contribution is 5.99. The highest BCUT2D eigenvalue weighted by atomic mass is 16.5. The molecule has 1 aromatic carbocycles. The molecule has 2 saturated carbocycles. The molecule has 0 spiro atoms. The van der Waals surface area contributed by atoms with Crippen LogP contribution in [0.25, 0.3) is 0 Å². The van der Waals surface area contributed by atoms with Gasteiger partial charge in [0.05, 0.1) is 11.8 Å². The van der Waals surface area contributed by atoms with E-state index in [1.165, 1.54) is 12.0 Å². The quantitative estimate of drug-likeness (QED) is 0.753. The molecule has 1 aromatic rings. The van der Waals surface area contributed by atoms with E-state index >= 15 is 0 Å². The Morgan fingerprint density at radius 3 is 2.43 bits per heavy atom. The molecule has 6 heteroatoms. The smallest absolute Gasteiger partial charge is 0.310 e. The number of nitrogens with zero attached hydrogens (tertiary/aromatic N) is 1. The Kier molecular flexibility index (Phi) is 6.70. The summed E-state index contributed by atoms with van der Waals surface area (Å²) in [6.07, 6.45) is 9.54. The zero-order valence-corrected chi connectivity index (χ0v) is 17.6. The minimum Gasteiger partial charge on any atom is -0.455 e. The van der Waals surface area contributed by atoms with Crippen molar-refractivity contribution in [3.05, 3.63) is 29.8 Å². The van der Waals surface area contributed by atoms with Crippen LogP contribution in [0.1, 0.15) is 63.4 Å². The van der Waals surface area contributed by atoms with Crippen LogP contribution in [0.5, 0.6) is 0 Å². The molecule has 1 aliphatic heterocycles. The number of fused-ring (bicyclic) bond motifs is 1. The van der Waals surface area contributed by atoms with Gasteiger partial charge in [-0.15, -0.1) is 0 Å². The van der Waals surface area contributed by atoms with Gasteiger partial charge in [0.1, 0.15) is 0 Å². The lowest BCUT2D eigenvalue weighted by molar-refractivity contribution is -0.157. The van der Waals surface area contributed by atoms with Gasteiger partial charge in [0.25, 0.3) is 5.91 Å². The van der Waals surface area contributed by atoms with Crippen LogP contribution in [0.3, 0.4) is 0 Å². The topological polar surface area (TPSA) is 75.7 Å². The largest absolute Gasteiger partial charge is 0.455 e. The lowest BCUT2D eigenvalue weighted by Crippen LogP contribution is -2.43.